The van der Waals surface area contributed by atoms with Gasteiger partial charge in [0.1, 0.15) is 5.78 Å². The number of carbonyl (C=O) groups is 3. The molecule has 0 unspecified atom stereocenters. The van der Waals surface area contributed by atoms with Crippen molar-refractivity contribution >= 4 is 17.7 Å². The van der Waals surface area contributed by atoms with E-state index in [1.165, 1.54) is 0 Å². The second-order valence-corrected chi connectivity index (χ2v) is 4.82. The maximum absolute atomic E-state index is 11.8. The fourth-order valence-electron chi connectivity index (χ4n) is 2.18. The Balaban J connectivity index is 2.16. The topological polar surface area (TPSA) is 63.7 Å². The number of amides is 1. The van der Waals surface area contributed by atoms with E-state index in [9.17, 15) is 14.4 Å². The van der Waals surface area contributed by atoms with Crippen LogP contribution in [0.25, 0.3) is 0 Å². The van der Waals surface area contributed by atoms with E-state index in [1.807, 2.05) is 0 Å². The molecule has 0 aromatic carbocycles. The summed E-state index contributed by atoms with van der Waals surface area (Å²) in [4.78, 5) is 36.3. The predicted molar refractivity (Wildman–Crippen MR) is 70.5 cm³/mol. The molecule has 0 N–H and O–H groups in total. The van der Waals surface area contributed by atoms with Gasteiger partial charge in [0.05, 0.1) is 13.0 Å². The highest BCUT2D eigenvalue weighted by molar-refractivity contribution is 5.98. The quantitative estimate of drug-likeness (QED) is 0.521. The van der Waals surface area contributed by atoms with Crippen LogP contribution in [0.3, 0.4) is 0 Å². The summed E-state index contributed by atoms with van der Waals surface area (Å²) >= 11 is 0. The smallest absolute Gasteiger partial charge is 0.305 e. The number of ketones is 1. The standard InChI is InChI=1S/C14H23NO4/c1-2-19-14(18)8-6-7-12(16)11-13(17)15-9-4-3-5-10-15/h2-11H2,1H3. The Labute approximate surface area is 114 Å². The van der Waals surface area contributed by atoms with E-state index in [2.05, 4.69) is 0 Å². The van der Waals surface area contributed by atoms with Gasteiger partial charge in [0.2, 0.25) is 5.91 Å². The fourth-order valence-corrected chi connectivity index (χ4v) is 2.18. The van der Waals surface area contributed by atoms with Crippen LogP contribution in [0.2, 0.25) is 0 Å². The number of hydrogen-bond donors (Lipinski definition) is 0. The van der Waals surface area contributed by atoms with Gasteiger partial charge in [-0.1, -0.05) is 0 Å². The molecule has 108 valence electrons. The minimum absolute atomic E-state index is 0.0250. The zero-order valence-corrected chi connectivity index (χ0v) is 11.7. The third kappa shape index (κ3) is 6.36. The van der Waals surface area contributed by atoms with Gasteiger partial charge >= 0.3 is 5.97 Å². The third-order valence-electron chi connectivity index (χ3n) is 3.20. The minimum atomic E-state index is -0.280. The summed E-state index contributed by atoms with van der Waals surface area (Å²) in [6.07, 6.45) is 4.19. The lowest BCUT2D eigenvalue weighted by Crippen LogP contribution is -2.36. The molecule has 1 aliphatic heterocycles. The lowest BCUT2D eigenvalue weighted by Gasteiger charge is -2.26. The fraction of sp³-hybridized carbons (Fsp3) is 0.786. The summed E-state index contributed by atoms with van der Waals surface area (Å²) in [5, 5.41) is 0. The highest BCUT2D eigenvalue weighted by atomic mass is 16.5. The Bertz CT molecular complexity index is 321. The Kier molecular flexibility index (Phi) is 7.15. The molecule has 0 aromatic heterocycles. The van der Waals surface area contributed by atoms with E-state index in [0.717, 1.165) is 32.4 Å². The van der Waals surface area contributed by atoms with Crippen LogP contribution in [0.15, 0.2) is 0 Å². The van der Waals surface area contributed by atoms with E-state index < -0.39 is 0 Å². The lowest BCUT2D eigenvalue weighted by atomic mass is 10.1. The Morgan fingerprint density at radius 1 is 1.05 bits per heavy atom. The number of hydrogen-bond acceptors (Lipinski definition) is 4. The van der Waals surface area contributed by atoms with E-state index in [4.69, 9.17) is 4.74 Å². The highest BCUT2D eigenvalue weighted by Gasteiger charge is 2.19. The normalized spacial score (nSPS) is 15.1. The Hall–Kier alpha value is -1.39. The SMILES string of the molecule is CCOC(=O)CCCC(=O)CC(=O)N1CCCCC1. The van der Waals surface area contributed by atoms with Crippen LogP contribution in [0, 0.1) is 0 Å². The van der Waals surface area contributed by atoms with E-state index >= 15 is 0 Å². The van der Waals surface area contributed by atoms with Gasteiger partial charge in [-0.25, -0.2) is 0 Å². The zero-order valence-electron chi connectivity index (χ0n) is 11.7. The van der Waals surface area contributed by atoms with Crippen molar-refractivity contribution in [1.29, 1.82) is 0 Å². The summed E-state index contributed by atoms with van der Waals surface area (Å²) < 4.78 is 4.77. The summed E-state index contributed by atoms with van der Waals surface area (Å²) in [6, 6.07) is 0. The maximum atomic E-state index is 11.8. The number of piperidine rings is 1. The van der Waals surface area contributed by atoms with E-state index in [1.54, 1.807) is 11.8 Å². The summed E-state index contributed by atoms with van der Waals surface area (Å²) in [5.41, 5.74) is 0. The first-order valence-corrected chi connectivity index (χ1v) is 7.08. The van der Waals surface area contributed by atoms with Crippen LogP contribution in [0.4, 0.5) is 0 Å². The van der Waals surface area contributed by atoms with Gasteiger partial charge in [-0.15, -0.1) is 0 Å². The molecule has 0 aromatic rings. The molecule has 0 saturated carbocycles. The molecule has 1 rings (SSSR count). The maximum Gasteiger partial charge on any atom is 0.305 e. The number of carbonyl (C=O) groups excluding carboxylic acids is 3. The molecule has 0 aliphatic carbocycles. The molecule has 1 heterocycles. The molecular weight excluding hydrogens is 246 g/mol. The lowest BCUT2D eigenvalue weighted by molar-refractivity contribution is -0.143. The molecule has 1 amide bonds. The van der Waals surface area contributed by atoms with Gasteiger partial charge in [0.15, 0.2) is 0 Å². The average Bonchev–Trinajstić information content (AvgIpc) is 2.40. The first-order chi connectivity index (χ1) is 9.13. The van der Waals surface area contributed by atoms with Crippen molar-refractivity contribution in [2.45, 2.75) is 51.9 Å². The number of esters is 1. The van der Waals surface area contributed by atoms with Gasteiger partial charge in [-0.2, -0.15) is 0 Å². The molecule has 1 saturated heterocycles. The Morgan fingerprint density at radius 2 is 1.74 bits per heavy atom. The third-order valence-corrected chi connectivity index (χ3v) is 3.20. The summed E-state index contributed by atoms with van der Waals surface area (Å²) in [7, 11) is 0. The van der Waals surface area contributed by atoms with Crippen molar-refractivity contribution in [3.05, 3.63) is 0 Å². The molecule has 1 aliphatic rings. The van der Waals surface area contributed by atoms with Gasteiger partial charge in [0, 0.05) is 25.9 Å². The summed E-state index contributed by atoms with van der Waals surface area (Å²) in [5.74, 6) is -0.432. The molecule has 0 bridgehead atoms. The molecule has 0 atom stereocenters. The molecular formula is C14H23NO4. The van der Waals surface area contributed by atoms with Gasteiger partial charge in [0.25, 0.3) is 0 Å². The number of Topliss-reactive ketones (excluding diaryl/α,β-unsaturated/α-hetero) is 1. The van der Waals surface area contributed by atoms with E-state index in [0.29, 0.717) is 13.0 Å². The summed E-state index contributed by atoms with van der Waals surface area (Å²) in [6.45, 7) is 3.66. The van der Waals surface area contributed by atoms with Crippen molar-refractivity contribution < 1.29 is 19.1 Å². The Morgan fingerprint density at radius 3 is 2.37 bits per heavy atom. The van der Waals surface area contributed by atoms with Crippen LogP contribution < -0.4 is 0 Å². The number of rotatable bonds is 7. The zero-order chi connectivity index (χ0) is 14.1. The monoisotopic (exact) mass is 269 g/mol. The molecule has 0 radical (unpaired) electrons. The van der Waals surface area contributed by atoms with Crippen molar-refractivity contribution in [3.8, 4) is 0 Å². The predicted octanol–water partition coefficient (Wildman–Crippen LogP) is 1.69. The molecule has 19 heavy (non-hydrogen) atoms. The number of ether oxygens (including phenoxy) is 1. The van der Waals surface area contributed by atoms with Crippen molar-refractivity contribution in [3.63, 3.8) is 0 Å². The highest BCUT2D eigenvalue weighted by Crippen LogP contribution is 2.11. The molecule has 1 fully saturated rings. The van der Waals surface area contributed by atoms with Crippen molar-refractivity contribution in [2.24, 2.45) is 0 Å². The average molecular weight is 269 g/mol. The van der Waals surface area contributed by atoms with Crippen LogP contribution in [0.1, 0.15) is 51.9 Å². The second-order valence-electron chi connectivity index (χ2n) is 4.82. The van der Waals surface area contributed by atoms with Crippen LogP contribution in [-0.2, 0) is 19.1 Å². The van der Waals surface area contributed by atoms with Crippen LogP contribution in [0.5, 0.6) is 0 Å². The van der Waals surface area contributed by atoms with E-state index in [-0.39, 0.29) is 36.9 Å². The number of likely N-dealkylation sites (tertiary alicyclic amines) is 1. The first kappa shape index (κ1) is 15.7. The van der Waals surface area contributed by atoms with Crippen LogP contribution in [-0.4, -0.2) is 42.3 Å². The number of nitrogens with zero attached hydrogens (tertiary/aromatic N) is 1. The molecule has 5 heteroatoms. The largest absolute Gasteiger partial charge is 0.466 e. The van der Waals surface area contributed by atoms with Gasteiger partial charge in [-0.05, 0) is 32.6 Å². The van der Waals surface area contributed by atoms with Crippen molar-refractivity contribution in [1.82, 2.24) is 4.90 Å². The molecule has 5 nitrogen and oxygen atoms in total. The molecule has 0 spiro atoms. The van der Waals surface area contributed by atoms with Crippen LogP contribution >= 0.6 is 0 Å². The van der Waals surface area contributed by atoms with Gasteiger partial charge in [-0.3, -0.25) is 14.4 Å². The minimum Gasteiger partial charge on any atom is -0.466 e. The second kappa shape index (κ2) is 8.67. The van der Waals surface area contributed by atoms with Crippen molar-refractivity contribution in [2.75, 3.05) is 19.7 Å². The van der Waals surface area contributed by atoms with Gasteiger partial charge < -0.3 is 9.64 Å². The first-order valence-electron chi connectivity index (χ1n) is 7.08.